The van der Waals surface area contributed by atoms with Crippen LogP contribution in [-0.2, 0) is 68.7 Å². The van der Waals surface area contributed by atoms with E-state index in [1.54, 1.807) is 27.7 Å². The molecular weight excluding hydrogens is 1130 g/mol. The number of carbonyl (C=O) groups excluding carboxylic acids is 10. The number of hydrogen-bond acceptors (Lipinski definition) is 16. The first-order chi connectivity index (χ1) is 40.6. The Kier molecular flexibility index (Phi) is 26.4. The number of H-pyrrole nitrogens is 1. The minimum atomic E-state index is -1.90. The number of aliphatic carboxylic acids is 3. The van der Waals surface area contributed by atoms with Crippen molar-refractivity contribution < 1.29 is 82.4 Å². The molecule has 0 bridgehead atoms. The molecule has 0 spiro atoms. The van der Waals surface area contributed by atoms with Crippen LogP contribution in [0.3, 0.4) is 0 Å². The van der Waals surface area contributed by atoms with Gasteiger partial charge in [-0.1, -0.05) is 76.2 Å². The second-order valence-corrected chi connectivity index (χ2v) is 20.7. The maximum Gasteiger partial charge on any atom is 0.407 e. The molecule has 86 heavy (non-hydrogen) atoms. The number of aliphatic imine (C=N–C) groups is 1. The average Bonchev–Trinajstić information content (AvgIpc) is 1.76. The number of nitrogens with two attached hydrogens (primary N) is 3. The number of aromatic amines is 1. The molecule has 0 fully saturated rings. The first-order valence-electron chi connectivity index (χ1n) is 27.1. The molecule has 0 saturated heterocycles. The Bertz CT molecular complexity index is 2940. The molecule has 32 nitrogen and oxygen atoms in total. The number of benzene rings is 2. The smallest absolute Gasteiger partial charge is 0.407 e. The second-order valence-electron chi connectivity index (χ2n) is 20.7. The molecule has 32 heteroatoms. The fourth-order valence-corrected chi connectivity index (χ4v) is 8.92. The molecule has 1 heterocycles. The highest BCUT2D eigenvalue weighted by atomic mass is 16.5. The summed E-state index contributed by atoms with van der Waals surface area (Å²) in [5.74, 6) is -15.9. The fraction of sp³-hybridized carbons (Fsp3) is 0.463. The molecule has 7 atom stereocenters. The molecule has 4 rings (SSSR count). The summed E-state index contributed by atoms with van der Waals surface area (Å²) < 4.78 is 5.59. The van der Waals surface area contributed by atoms with Gasteiger partial charge in [-0.25, -0.2) is 14.6 Å². The molecule has 7 unspecified atom stereocenters. The van der Waals surface area contributed by atoms with Gasteiger partial charge in [0.2, 0.25) is 53.2 Å². The zero-order valence-electron chi connectivity index (χ0n) is 47.5. The van der Waals surface area contributed by atoms with Gasteiger partial charge in [-0.3, -0.25) is 57.7 Å². The Morgan fingerprint density at radius 3 is 1.59 bits per heavy atom. The number of ether oxygens (including phenoxy) is 1. The number of nitrogens with zero attached hydrogens (tertiary/aromatic N) is 2. The van der Waals surface area contributed by atoms with Crippen LogP contribution in [0.2, 0.25) is 0 Å². The SMILES string of the molecule is CC(C)CC(NC(=O)C(CC(=O)O)NC(=O)C(Cc1cnc[nH]1)NC(=O)C(CCCN=C(N)N)NC(=O)CNC(=O)C(CC(=O)O)NC(=O)CNC(=O)C(CC(N)=O)NC(=O)C(NC(=O)OCC1c2ccccc2-c2ccccc21)C(C)C)C(=O)O. The van der Waals surface area contributed by atoms with Crippen molar-refractivity contribution in [1.29, 1.82) is 0 Å². The van der Waals surface area contributed by atoms with Crippen molar-refractivity contribution in [3.63, 3.8) is 0 Å². The van der Waals surface area contributed by atoms with Crippen LogP contribution in [0.25, 0.3) is 11.1 Å². The number of alkyl carbamates (subject to hydrolysis) is 1. The number of guanidine groups is 1. The number of carbonyl (C=O) groups is 13. The van der Waals surface area contributed by atoms with E-state index in [1.807, 2.05) is 48.5 Å². The molecule has 1 aromatic heterocycles. The Morgan fingerprint density at radius 1 is 0.605 bits per heavy atom. The van der Waals surface area contributed by atoms with Gasteiger partial charge in [0.15, 0.2) is 5.96 Å². The molecule has 0 saturated carbocycles. The van der Waals surface area contributed by atoms with Gasteiger partial charge < -0.3 is 90.1 Å². The number of carboxylic acids is 3. The van der Waals surface area contributed by atoms with Crippen molar-refractivity contribution >= 4 is 83.1 Å². The van der Waals surface area contributed by atoms with Crippen molar-refractivity contribution in [3.8, 4) is 11.1 Å². The number of hydrogen-bond donors (Lipinski definition) is 16. The summed E-state index contributed by atoms with van der Waals surface area (Å²) in [5, 5.41) is 49.4. The van der Waals surface area contributed by atoms with E-state index >= 15 is 0 Å². The lowest BCUT2D eigenvalue weighted by atomic mass is 9.98. The maximum atomic E-state index is 14.0. The number of amides is 10. The number of carboxylic acid groups (broad SMARTS) is 3. The number of rotatable bonds is 35. The minimum Gasteiger partial charge on any atom is -0.481 e. The summed E-state index contributed by atoms with van der Waals surface area (Å²) >= 11 is 0. The summed E-state index contributed by atoms with van der Waals surface area (Å²) in [6.07, 6.45) is -1.90. The molecular formula is C54H73N15O17. The lowest BCUT2D eigenvalue weighted by Gasteiger charge is -2.26. The van der Waals surface area contributed by atoms with E-state index in [1.165, 1.54) is 12.5 Å². The number of fused-ring (bicyclic) bond motifs is 3. The monoisotopic (exact) mass is 1200 g/mol. The van der Waals surface area contributed by atoms with Gasteiger partial charge in [-0.05, 0) is 53.4 Å². The van der Waals surface area contributed by atoms with E-state index < -0.39 is 158 Å². The van der Waals surface area contributed by atoms with Gasteiger partial charge >= 0.3 is 24.0 Å². The normalized spacial score (nSPS) is 13.9. The van der Waals surface area contributed by atoms with Crippen molar-refractivity contribution in [2.75, 3.05) is 26.2 Å². The van der Waals surface area contributed by atoms with Crippen molar-refractivity contribution in [3.05, 3.63) is 77.9 Å². The van der Waals surface area contributed by atoms with Crippen molar-refractivity contribution in [2.24, 2.45) is 34.0 Å². The lowest BCUT2D eigenvalue weighted by Crippen LogP contribution is -2.59. The summed E-state index contributed by atoms with van der Waals surface area (Å²) in [4.78, 5) is 179. The van der Waals surface area contributed by atoms with Crippen LogP contribution in [-0.4, -0.2) is 177 Å². The molecule has 10 amide bonds. The number of aromatic nitrogens is 2. The number of primary amides is 1. The van der Waals surface area contributed by atoms with E-state index in [0.29, 0.717) is 0 Å². The number of nitrogens with one attached hydrogen (secondary N) is 10. The topological polar surface area (TPSA) is 519 Å². The Labute approximate surface area is 492 Å². The molecule has 19 N–H and O–H groups in total. The molecule has 0 radical (unpaired) electrons. The first kappa shape index (κ1) is 68.3. The fourth-order valence-electron chi connectivity index (χ4n) is 8.92. The van der Waals surface area contributed by atoms with E-state index in [2.05, 4.69) is 62.8 Å². The second kappa shape index (κ2) is 33.2. The van der Waals surface area contributed by atoms with Crippen LogP contribution < -0.4 is 65.1 Å². The Balaban J connectivity index is 1.39. The highest BCUT2D eigenvalue weighted by Crippen LogP contribution is 2.44. The summed E-state index contributed by atoms with van der Waals surface area (Å²) in [6, 6.07) is 3.88. The van der Waals surface area contributed by atoms with Gasteiger partial charge in [0.25, 0.3) is 0 Å². The van der Waals surface area contributed by atoms with Crippen LogP contribution in [0.5, 0.6) is 0 Å². The first-order valence-corrected chi connectivity index (χ1v) is 27.1. The Morgan fingerprint density at radius 2 is 1.09 bits per heavy atom. The molecule has 466 valence electrons. The van der Waals surface area contributed by atoms with Crippen molar-refractivity contribution in [2.45, 2.75) is 121 Å². The molecule has 0 aliphatic heterocycles. The minimum absolute atomic E-state index is 0.0141. The summed E-state index contributed by atoms with van der Waals surface area (Å²) in [6.45, 7) is 4.47. The van der Waals surface area contributed by atoms with E-state index in [0.717, 1.165) is 22.3 Å². The van der Waals surface area contributed by atoms with Gasteiger partial charge in [0, 0.05) is 30.8 Å². The standard InChI is InChI=1S/C54H73N15O17/c1-26(2)16-39(52(83)84)68-50(81)38(20-44(75)76)66-49(80)35(17-28-21-58-25-62-28)65-48(79)34(14-9-15-59-53(56)57)63-41(71)22-61-47(78)37(19-43(73)74)64-42(72)23-60-46(77)36(18-40(55)70)67-51(82)45(27(3)4)69-54(85)86-24-33-31-12-7-5-10-29(31)30-11-6-8-13-32(30)33/h5-8,10-13,21,25-27,33-39,45H,9,14-20,22-24H2,1-4H3,(H2,55,70)(H,58,62)(H,60,77)(H,61,78)(H,63,71)(H,64,72)(H,65,79)(H,66,80)(H,67,82)(H,68,81)(H,69,85)(H,73,74)(H,75,76)(H,83,84)(H4,56,57,59). The van der Waals surface area contributed by atoms with Crippen molar-refractivity contribution in [1.82, 2.24) is 57.8 Å². The van der Waals surface area contributed by atoms with Crippen LogP contribution in [0.1, 0.15) is 89.0 Å². The van der Waals surface area contributed by atoms with E-state index in [9.17, 15) is 77.6 Å². The number of imidazole rings is 1. The predicted molar refractivity (Wildman–Crippen MR) is 302 cm³/mol. The van der Waals surface area contributed by atoms with E-state index in [-0.39, 0.29) is 62.3 Å². The van der Waals surface area contributed by atoms with Gasteiger partial charge in [-0.2, -0.15) is 0 Å². The highest BCUT2D eigenvalue weighted by Gasteiger charge is 2.36. The van der Waals surface area contributed by atoms with Crippen LogP contribution >= 0.6 is 0 Å². The predicted octanol–water partition coefficient (Wildman–Crippen LogP) is -3.33. The Hall–Kier alpha value is -10.2. The van der Waals surface area contributed by atoms with Crippen LogP contribution in [0, 0.1) is 11.8 Å². The summed E-state index contributed by atoms with van der Waals surface area (Å²) in [5.41, 5.74) is 20.3. The lowest BCUT2D eigenvalue weighted by molar-refractivity contribution is -0.144. The highest BCUT2D eigenvalue weighted by molar-refractivity contribution is 5.99. The molecule has 1 aliphatic rings. The van der Waals surface area contributed by atoms with Gasteiger partial charge in [0.1, 0.15) is 48.9 Å². The van der Waals surface area contributed by atoms with Crippen LogP contribution in [0.15, 0.2) is 66.0 Å². The van der Waals surface area contributed by atoms with Crippen LogP contribution in [0.4, 0.5) is 4.79 Å². The summed E-state index contributed by atoms with van der Waals surface area (Å²) in [7, 11) is 0. The van der Waals surface area contributed by atoms with Gasteiger partial charge in [-0.15, -0.1) is 0 Å². The quantitative estimate of drug-likeness (QED) is 0.0156. The molecule has 2 aromatic carbocycles. The average molecular weight is 1200 g/mol. The third-order valence-corrected chi connectivity index (χ3v) is 13.0. The van der Waals surface area contributed by atoms with E-state index in [4.69, 9.17) is 21.9 Å². The maximum absolute atomic E-state index is 14.0. The zero-order valence-corrected chi connectivity index (χ0v) is 47.5. The third kappa shape index (κ3) is 22.2. The molecule has 1 aliphatic carbocycles. The van der Waals surface area contributed by atoms with Gasteiger partial charge in [0.05, 0.1) is 38.7 Å². The molecule has 3 aromatic rings. The zero-order chi connectivity index (χ0) is 63.8. The largest absolute Gasteiger partial charge is 0.481 e. The third-order valence-electron chi connectivity index (χ3n) is 13.0.